The van der Waals surface area contributed by atoms with E-state index in [-0.39, 0.29) is 27.5 Å². The second kappa shape index (κ2) is 5.84. The average molecular weight is 382 g/mol. The van der Waals surface area contributed by atoms with E-state index >= 15 is 0 Å². The molecule has 0 aliphatic carbocycles. The Morgan fingerprint density at radius 1 is 0.778 bits per heavy atom. The van der Waals surface area contributed by atoms with Crippen LogP contribution in [-0.4, -0.2) is 18.6 Å². The molecular formula is C21H18O5S. The second-order valence-corrected chi connectivity index (χ2v) is 8.27. The molecular weight excluding hydrogens is 364 g/mol. The van der Waals surface area contributed by atoms with Gasteiger partial charge in [-0.1, -0.05) is 42.5 Å². The van der Waals surface area contributed by atoms with Gasteiger partial charge in [0.1, 0.15) is 16.4 Å². The molecule has 4 rings (SSSR count). The third-order valence-corrected chi connectivity index (χ3v) is 6.20. The maximum Gasteiger partial charge on any atom is 0.298 e. The van der Waals surface area contributed by atoms with E-state index in [9.17, 15) is 18.6 Å². The van der Waals surface area contributed by atoms with E-state index in [1.54, 1.807) is 54.6 Å². The van der Waals surface area contributed by atoms with Crippen LogP contribution in [0.25, 0.3) is 0 Å². The Morgan fingerprint density at radius 2 is 1.30 bits per heavy atom. The molecule has 0 amide bonds. The molecule has 0 aromatic heterocycles. The van der Waals surface area contributed by atoms with Gasteiger partial charge in [0.15, 0.2) is 5.60 Å². The van der Waals surface area contributed by atoms with Gasteiger partial charge in [0.05, 0.1) is 0 Å². The van der Waals surface area contributed by atoms with E-state index in [4.69, 9.17) is 4.18 Å². The molecule has 0 fully saturated rings. The van der Waals surface area contributed by atoms with Gasteiger partial charge in [-0.15, -0.1) is 0 Å². The van der Waals surface area contributed by atoms with Crippen molar-refractivity contribution in [1.29, 1.82) is 0 Å². The molecule has 0 spiro atoms. The van der Waals surface area contributed by atoms with Crippen LogP contribution in [0.5, 0.6) is 11.5 Å². The summed E-state index contributed by atoms with van der Waals surface area (Å²) in [5, 5.41) is 21.3. The fourth-order valence-electron chi connectivity index (χ4n) is 3.63. The van der Waals surface area contributed by atoms with Gasteiger partial charge in [0, 0.05) is 16.7 Å². The molecule has 0 atom stereocenters. The Morgan fingerprint density at radius 3 is 1.81 bits per heavy atom. The van der Waals surface area contributed by atoms with E-state index < -0.39 is 15.7 Å². The van der Waals surface area contributed by atoms with Crippen molar-refractivity contribution in [2.75, 3.05) is 0 Å². The largest absolute Gasteiger partial charge is 0.508 e. The molecule has 0 radical (unpaired) electrons. The van der Waals surface area contributed by atoms with Crippen LogP contribution in [0.2, 0.25) is 0 Å². The number of benzene rings is 3. The van der Waals surface area contributed by atoms with Gasteiger partial charge in [-0.3, -0.25) is 0 Å². The monoisotopic (exact) mass is 382 g/mol. The second-order valence-electron chi connectivity index (χ2n) is 6.76. The van der Waals surface area contributed by atoms with Gasteiger partial charge in [-0.2, -0.15) is 8.42 Å². The van der Waals surface area contributed by atoms with E-state index in [0.717, 1.165) is 11.1 Å². The summed E-state index contributed by atoms with van der Waals surface area (Å²) in [5.41, 5.74) is 0.803. The number of aryl methyl sites for hydroxylation is 2. The minimum Gasteiger partial charge on any atom is -0.508 e. The molecule has 1 aliphatic heterocycles. The zero-order chi connectivity index (χ0) is 19.4. The van der Waals surface area contributed by atoms with E-state index in [1.807, 2.05) is 13.8 Å². The van der Waals surface area contributed by atoms with Gasteiger partial charge < -0.3 is 10.2 Å². The molecule has 5 nitrogen and oxygen atoms in total. The summed E-state index contributed by atoms with van der Waals surface area (Å²) in [6, 6.07) is 16.3. The van der Waals surface area contributed by atoms with Crippen LogP contribution in [0, 0.1) is 13.8 Å². The summed E-state index contributed by atoms with van der Waals surface area (Å²) in [5.74, 6) is -0.219. The fourth-order valence-corrected chi connectivity index (χ4v) is 5.05. The minimum absolute atomic E-state index is 0.0185. The van der Waals surface area contributed by atoms with Crippen LogP contribution in [0.3, 0.4) is 0 Å². The van der Waals surface area contributed by atoms with Gasteiger partial charge in [0.2, 0.25) is 0 Å². The van der Waals surface area contributed by atoms with Crippen molar-refractivity contribution in [3.8, 4) is 11.5 Å². The predicted molar refractivity (Wildman–Crippen MR) is 100 cm³/mol. The Labute approximate surface area is 157 Å². The van der Waals surface area contributed by atoms with Gasteiger partial charge in [-0.05, 0) is 43.2 Å². The van der Waals surface area contributed by atoms with Crippen molar-refractivity contribution < 1.29 is 22.8 Å². The Balaban J connectivity index is 2.16. The van der Waals surface area contributed by atoms with E-state index in [0.29, 0.717) is 5.56 Å². The van der Waals surface area contributed by atoms with E-state index in [2.05, 4.69) is 0 Å². The first-order valence-corrected chi connectivity index (χ1v) is 9.82. The number of phenolic OH excluding ortho intramolecular Hbond substituents is 2. The molecule has 0 bridgehead atoms. The highest BCUT2D eigenvalue weighted by Crippen LogP contribution is 2.54. The number of rotatable bonds is 2. The highest BCUT2D eigenvalue weighted by atomic mass is 32.2. The molecule has 0 saturated heterocycles. The van der Waals surface area contributed by atoms with Crippen LogP contribution < -0.4 is 0 Å². The molecule has 27 heavy (non-hydrogen) atoms. The lowest BCUT2D eigenvalue weighted by Gasteiger charge is -2.30. The summed E-state index contributed by atoms with van der Waals surface area (Å²) in [7, 11) is -4.09. The van der Waals surface area contributed by atoms with Crippen molar-refractivity contribution in [3.05, 3.63) is 88.5 Å². The Kier molecular flexibility index (Phi) is 3.80. The number of phenols is 2. The third kappa shape index (κ3) is 2.52. The highest BCUT2D eigenvalue weighted by Gasteiger charge is 2.53. The number of aromatic hydroxyl groups is 2. The lowest BCUT2D eigenvalue weighted by Crippen LogP contribution is -2.30. The molecule has 138 valence electrons. The normalized spacial score (nSPS) is 16.8. The lowest BCUT2D eigenvalue weighted by molar-refractivity contribution is 0.172. The SMILES string of the molecule is Cc1ccc(C2(c3ccc(C)cc3O)OS(=O)(=O)c3ccccc32)c(O)c1. The van der Waals surface area contributed by atoms with Gasteiger partial charge >= 0.3 is 0 Å². The van der Waals surface area contributed by atoms with Crippen molar-refractivity contribution in [3.63, 3.8) is 0 Å². The molecule has 1 aliphatic rings. The molecule has 0 saturated carbocycles. The maximum absolute atomic E-state index is 12.8. The van der Waals surface area contributed by atoms with Crippen LogP contribution in [-0.2, 0) is 19.9 Å². The molecule has 3 aromatic carbocycles. The summed E-state index contributed by atoms with van der Waals surface area (Å²) < 4.78 is 31.2. The summed E-state index contributed by atoms with van der Waals surface area (Å²) in [4.78, 5) is 0.0185. The number of hydrogen-bond donors (Lipinski definition) is 2. The lowest BCUT2D eigenvalue weighted by atomic mass is 9.79. The average Bonchev–Trinajstić information content (AvgIpc) is 2.84. The fraction of sp³-hybridized carbons (Fsp3) is 0.143. The Hall–Kier alpha value is -2.83. The molecule has 1 heterocycles. The summed E-state index contributed by atoms with van der Waals surface area (Å²) >= 11 is 0. The molecule has 0 unspecified atom stereocenters. The number of hydrogen-bond acceptors (Lipinski definition) is 5. The highest BCUT2D eigenvalue weighted by molar-refractivity contribution is 7.87. The standard InChI is InChI=1S/C21H18O5S/c1-13-7-9-15(18(22)11-13)21(16-10-8-14(2)12-19(16)23)17-5-3-4-6-20(17)27(24,25)26-21/h3-12,22-23H,1-2H3. The predicted octanol–water partition coefficient (Wildman–Crippen LogP) is 3.73. The third-order valence-electron chi connectivity index (χ3n) is 4.84. The van der Waals surface area contributed by atoms with Crippen molar-refractivity contribution in [2.45, 2.75) is 24.3 Å². The zero-order valence-corrected chi connectivity index (χ0v) is 15.6. The van der Waals surface area contributed by atoms with Crippen LogP contribution in [0.4, 0.5) is 0 Å². The smallest absolute Gasteiger partial charge is 0.298 e. The zero-order valence-electron chi connectivity index (χ0n) is 14.8. The van der Waals surface area contributed by atoms with Crippen LogP contribution in [0.1, 0.15) is 27.8 Å². The van der Waals surface area contributed by atoms with Crippen molar-refractivity contribution in [2.24, 2.45) is 0 Å². The summed E-state index contributed by atoms with van der Waals surface area (Å²) in [6.07, 6.45) is 0. The summed E-state index contributed by atoms with van der Waals surface area (Å²) in [6.45, 7) is 3.64. The molecule has 2 N–H and O–H groups in total. The number of fused-ring (bicyclic) bond motifs is 1. The van der Waals surface area contributed by atoms with Gasteiger partial charge in [0.25, 0.3) is 10.1 Å². The van der Waals surface area contributed by atoms with Crippen molar-refractivity contribution >= 4 is 10.1 Å². The first-order chi connectivity index (χ1) is 12.8. The molecule has 6 heteroatoms. The minimum atomic E-state index is -4.09. The van der Waals surface area contributed by atoms with Gasteiger partial charge in [-0.25, -0.2) is 4.18 Å². The maximum atomic E-state index is 12.8. The first-order valence-electron chi connectivity index (χ1n) is 8.41. The quantitative estimate of drug-likeness (QED) is 0.660. The van der Waals surface area contributed by atoms with Crippen LogP contribution >= 0.6 is 0 Å². The first kappa shape index (κ1) is 17.6. The molecule has 3 aromatic rings. The van der Waals surface area contributed by atoms with Crippen molar-refractivity contribution in [1.82, 2.24) is 0 Å². The van der Waals surface area contributed by atoms with Crippen LogP contribution in [0.15, 0.2) is 65.6 Å². The van der Waals surface area contributed by atoms with E-state index in [1.165, 1.54) is 6.07 Å². The topological polar surface area (TPSA) is 83.8 Å². The Bertz CT molecular complexity index is 1110.